The standard InChI is InChI=1S/C18H39O14P9/c33-20-3-7-10(6(27-36)1-2-19-7)25-17-15(31-40)13(29-38)11(8(23-17)4-21-34)26-18-16(32-41)14(30-39)12(28-37)9(24-18)5-22-35/h1-2,6-18H,3-5,33-41H2/t6-,7?,8?,9?,10+,11+,12+,13-,14-,15?,16?,17+,18-/m1/s1. The number of rotatable bonds is 16. The molecule has 41 heavy (non-hydrogen) atoms. The molecule has 3 heterocycles. The molecule has 3 aliphatic rings. The zero-order valence-electron chi connectivity index (χ0n) is 21.7. The van der Waals surface area contributed by atoms with Crippen LogP contribution in [0.5, 0.6) is 0 Å². The maximum absolute atomic E-state index is 6.52. The molecule has 0 aromatic rings. The van der Waals surface area contributed by atoms with Crippen LogP contribution in [0.15, 0.2) is 12.3 Å². The first kappa shape index (κ1) is 38.3. The van der Waals surface area contributed by atoms with E-state index in [-0.39, 0.29) is 19.8 Å². The predicted octanol–water partition coefficient (Wildman–Crippen LogP) is 1.59. The van der Waals surface area contributed by atoms with E-state index in [4.69, 9.17) is 64.4 Å². The van der Waals surface area contributed by atoms with Crippen molar-refractivity contribution in [2.75, 3.05) is 19.8 Å². The SMILES string of the molecule is POCC1OC=C[C@@H](OP)[C@@H]1O[C@@H]1OC(COP)[C@H](O[C@H]2OC(COP)[C@H](OP)[C@@H](OP)C2OP)[C@@H](OP)C1OP. The Labute approximate surface area is 261 Å². The highest BCUT2D eigenvalue weighted by molar-refractivity contribution is 7.11. The van der Waals surface area contributed by atoms with E-state index in [1.54, 1.807) is 12.3 Å². The lowest BCUT2D eigenvalue weighted by molar-refractivity contribution is -0.353. The highest BCUT2D eigenvalue weighted by atomic mass is 31.0. The monoisotopic (exact) mass is 758 g/mol. The Bertz CT molecular complexity index is 782. The Morgan fingerprint density at radius 2 is 0.902 bits per heavy atom. The maximum atomic E-state index is 6.52. The molecular weight excluding hydrogens is 719 g/mol. The van der Waals surface area contributed by atoms with Crippen molar-refractivity contribution >= 4 is 85.2 Å². The van der Waals surface area contributed by atoms with E-state index in [0.717, 1.165) is 0 Å². The third-order valence-corrected chi connectivity index (χ3v) is 9.16. The van der Waals surface area contributed by atoms with Crippen LogP contribution >= 0.6 is 85.2 Å². The van der Waals surface area contributed by atoms with Gasteiger partial charge in [-0.3, -0.25) is 0 Å². The van der Waals surface area contributed by atoms with Crippen molar-refractivity contribution in [1.29, 1.82) is 0 Å². The second-order valence-corrected chi connectivity index (χ2v) is 11.5. The largest absolute Gasteiger partial charge is 0.493 e. The van der Waals surface area contributed by atoms with Crippen molar-refractivity contribution in [2.24, 2.45) is 0 Å². The van der Waals surface area contributed by atoms with Crippen LogP contribution < -0.4 is 0 Å². The topological polar surface area (TPSA) is 129 Å². The van der Waals surface area contributed by atoms with Crippen LogP contribution in [-0.4, -0.2) is 99.5 Å². The van der Waals surface area contributed by atoms with Gasteiger partial charge < -0.3 is 64.4 Å². The fourth-order valence-electron chi connectivity index (χ4n) is 4.81. The number of hydrogen-bond acceptors (Lipinski definition) is 14. The Balaban J connectivity index is 1.88. The third kappa shape index (κ3) is 9.72. The molecule has 14 nitrogen and oxygen atoms in total. The average Bonchev–Trinajstić information content (AvgIpc) is 2.98. The van der Waals surface area contributed by atoms with Crippen LogP contribution in [0.25, 0.3) is 0 Å². The molecule has 0 aromatic heterocycles. The average molecular weight is 758 g/mol. The molecule has 0 radical (unpaired) electrons. The summed E-state index contributed by atoms with van der Waals surface area (Å²) in [6.45, 7) is 0.475. The second kappa shape index (κ2) is 20.3. The van der Waals surface area contributed by atoms with Gasteiger partial charge in [-0.2, -0.15) is 0 Å². The molecule has 14 unspecified atom stereocenters. The highest BCUT2D eigenvalue weighted by Crippen LogP contribution is 2.38. The predicted molar refractivity (Wildman–Crippen MR) is 176 cm³/mol. The van der Waals surface area contributed by atoms with E-state index in [1.807, 2.05) is 0 Å². The lowest BCUT2D eigenvalue weighted by atomic mass is 9.96. The third-order valence-electron chi connectivity index (χ3n) is 6.70. The first-order valence-corrected chi connectivity index (χ1v) is 16.2. The molecular formula is C18H39O14P9. The van der Waals surface area contributed by atoms with Crippen molar-refractivity contribution in [2.45, 2.75) is 79.7 Å². The molecule has 22 atom stereocenters. The number of ether oxygens (including phenoxy) is 5. The fraction of sp³-hybridized carbons (Fsp3) is 0.889. The van der Waals surface area contributed by atoms with Crippen LogP contribution in [0.1, 0.15) is 0 Å². The normalized spacial score (nSPS) is 41.3. The van der Waals surface area contributed by atoms with Gasteiger partial charge in [0, 0.05) is 85.2 Å². The molecule has 0 amide bonds. The molecule has 0 aliphatic carbocycles. The molecule has 3 aliphatic heterocycles. The van der Waals surface area contributed by atoms with Crippen molar-refractivity contribution in [3.05, 3.63) is 12.3 Å². The lowest BCUT2D eigenvalue weighted by Crippen LogP contribution is -2.65. The summed E-state index contributed by atoms with van der Waals surface area (Å²) in [5.74, 6) is 0. The summed E-state index contributed by atoms with van der Waals surface area (Å²) in [6.07, 6.45) is -5.83. The first-order chi connectivity index (χ1) is 20.0. The summed E-state index contributed by atoms with van der Waals surface area (Å²) >= 11 is 0. The Hall–Kier alpha value is 2.89. The van der Waals surface area contributed by atoms with Gasteiger partial charge in [0.2, 0.25) is 0 Å². The van der Waals surface area contributed by atoms with Gasteiger partial charge in [-0.05, 0) is 6.08 Å². The van der Waals surface area contributed by atoms with Gasteiger partial charge in [0.1, 0.15) is 61.0 Å². The first-order valence-electron chi connectivity index (χ1n) is 12.0. The van der Waals surface area contributed by atoms with Gasteiger partial charge >= 0.3 is 0 Å². The molecule has 2 saturated heterocycles. The molecule has 0 bridgehead atoms. The van der Waals surface area contributed by atoms with Crippen molar-refractivity contribution in [1.82, 2.24) is 0 Å². The molecule has 0 N–H and O–H groups in total. The molecule has 0 spiro atoms. The van der Waals surface area contributed by atoms with Crippen LogP contribution in [0.3, 0.4) is 0 Å². The van der Waals surface area contributed by atoms with Gasteiger partial charge in [-0.25, -0.2) is 0 Å². The van der Waals surface area contributed by atoms with Crippen molar-refractivity contribution in [3.8, 4) is 0 Å². The van der Waals surface area contributed by atoms with E-state index < -0.39 is 79.7 Å². The van der Waals surface area contributed by atoms with Gasteiger partial charge in [0.25, 0.3) is 0 Å². The van der Waals surface area contributed by atoms with Crippen LogP contribution in [-0.2, 0) is 64.4 Å². The zero-order chi connectivity index (χ0) is 29.9. The quantitative estimate of drug-likeness (QED) is 0.212. The summed E-state index contributed by atoms with van der Waals surface area (Å²) in [7, 11) is 20.0. The van der Waals surface area contributed by atoms with Crippen molar-refractivity contribution < 1.29 is 64.4 Å². The summed E-state index contributed by atoms with van der Waals surface area (Å²) < 4.78 is 81.2. The van der Waals surface area contributed by atoms with Gasteiger partial charge in [0.15, 0.2) is 18.7 Å². The molecule has 2 fully saturated rings. The van der Waals surface area contributed by atoms with E-state index in [9.17, 15) is 0 Å². The summed E-state index contributed by atoms with van der Waals surface area (Å²) in [5.41, 5.74) is 0. The van der Waals surface area contributed by atoms with E-state index >= 15 is 0 Å². The van der Waals surface area contributed by atoms with Gasteiger partial charge in [0.05, 0.1) is 26.1 Å². The second-order valence-electron chi connectivity index (χ2n) is 8.89. The molecule has 23 heteroatoms. The van der Waals surface area contributed by atoms with E-state index in [0.29, 0.717) is 0 Å². The van der Waals surface area contributed by atoms with Gasteiger partial charge in [-0.1, -0.05) is 0 Å². The minimum absolute atomic E-state index is 0.0875. The summed E-state index contributed by atoms with van der Waals surface area (Å²) in [6, 6.07) is 0. The van der Waals surface area contributed by atoms with Crippen LogP contribution in [0.2, 0.25) is 0 Å². The maximum Gasteiger partial charge on any atom is 0.187 e. The smallest absolute Gasteiger partial charge is 0.187 e. The molecule has 240 valence electrons. The fourth-order valence-corrected chi connectivity index (χ4v) is 7.14. The highest BCUT2D eigenvalue weighted by Gasteiger charge is 2.54. The Morgan fingerprint density at radius 3 is 1.37 bits per heavy atom. The van der Waals surface area contributed by atoms with Crippen LogP contribution in [0, 0.1) is 0 Å². The Morgan fingerprint density at radius 1 is 0.463 bits per heavy atom. The van der Waals surface area contributed by atoms with E-state index in [1.165, 1.54) is 0 Å². The van der Waals surface area contributed by atoms with Gasteiger partial charge in [-0.15, -0.1) is 0 Å². The minimum atomic E-state index is -0.971. The number of hydrogen-bond donors (Lipinski definition) is 0. The van der Waals surface area contributed by atoms with Crippen molar-refractivity contribution in [3.63, 3.8) is 0 Å². The Kier molecular flexibility index (Phi) is 19.0. The minimum Gasteiger partial charge on any atom is -0.493 e. The summed E-state index contributed by atoms with van der Waals surface area (Å²) in [5, 5.41) is 0. The summed E-state index contributed by atoms with van der Waals surface area (Å²) in [4.78, 5) is 0. The van der Waals surface area contributed by atoms with E-state index in [2.05, 4.69) is 85.2 Å². The lowest BCUT2D eigenvalue weighted by Gasteiger charge is -2.49. The van der Waals surface area contributed by atoms with Crippen LogP contribution in [0.4, 0.5) is 0 Å². The molecule has 0 aromatic carbocycles. The molecule has 3 rings (SSSR count). The zero-order valence-corrected chi connectivity index (χ0v) is 32.1. The molecule has 0 saturated carbocycles.